The summed E-state index contributed by atoms with van der Waals surface area (Å²) in [5.74, 6) is 0.165. The number of fused-ring (bicyclic) bond motifs is 1. The first-order valence-corrected chi connectivity index (χ1v) is 10.5. The number of carbonyl (C=O) groups excluding carboxylic acids is 2. The molecule has 2 aliphatic heterocycles. The second-order valence-corrected chi connectivity index (χ2v) is 8.17. The Balaban J connectivity index is 1.33. The maximum Gasteiger partial charge on any atom is 0.253 e. The summed E-state index contributed by atoms with van der Waals surface area (Å²) in [5, 5.41) is 3.07. The van der Waals surface area contributed by atoms with Gasteiger partial charge in [-0.15, -0.1) is 0 Å². The van der Waals surface area contributed by atoms with Gasteiger partial charge in [0.05, 0.1) is 6.04 Å². The minimum atomic E-state index is -0.148. The maximum atomic E-state index is 12.8. The number of nitrogens with zero attached hydrogens (tertiary/aromatic N) is 2. The molecule has 0 saturated carbocycles. The van der Waals surface area contributed by atoms with E-state index in [0.717, 1.165) is 50.0 Å². The predicted molar refractivity (Wildman–Crippen MR) is 113 cm³/mol. The molecule has 1 unspecified atom stereocenters. The average molecular weight is 392 g/mol. The highest BCUT2D eigenvalue weighted by atomic mass is 16.2. The van der Waals surface area contributed by atoms with Crippen molar-refractivity contribution in [3.05, 3.63) is 70.8 Å². The molecule has 2 aromatic carbocycles. The minimum Gasteiger partial charge on any atom is -0.351 e. The molecule has 1 atom stereocenters. The number of likely N-dealkylation sites (N-methyl/N-ethyl adjacent to an activating group) is 1. The zero-order chi connectivity index (χ0) is 20.2. The van der Waals surface area contributed by atoms with E-state index in [1.807, 2.05) is 48.3 Å². The second kappa shape index (κ2) is 8.78. The van der Waals surface area contributed by atoms with Crippen LogP contribution in [0.25, 0.3) is 0 Å². The van der Waals surface area contributed by atoms with Crippen LogP contribution in [0.5, 0.6) is 0 Å². The van der Waals surface area contributed by atoms with E-state index in [4.69, 9.17) is 0 Å². The summed E-state index contributed by atoms with van der Waals surface area (Å²) >= 11 is 0. The molecule has 1 fully saturated rings. The van der Waals surface area contributed by atoms with Gasteiger partial charge in [-0.2, -0.15) is 0 Å². The number of likely N-dealkylation sites (tertiary alicyclic amines) is 1. The highest BCUT2D eigenvalue weighted by Crippen LogP contribution is 2.22. The molecule has 152 valence electrons. The van der Waals surface area contributed by atoms with Gasteiger partial charge in [0, 0.05) is 31.7 Å². The summed E-state index contributed by atoms with van der Waals surface area (Å²) in [4.78, 5) is 29.4. The first kappa shape index (κ1) is 19.6. The summed E-state index contributed by atoms with van der Waals surface area (Å²) in [7, 11) is 2.00. The van der Waals surface area contributed by atoms with Gasteiger partial charge in [0.1, 0.15) is 0 Å². The van der Waals surface area contributed by atoms with Crippen molar-refractivity contribution in [1.82, 2.24) is 15.1 Å². The number of amides is 2. The number of benzene rings is 2. The van der Waals surface area contributed by atoms with Gasteiger partial charge in [0.2, 0.25) is 5.91 Å². The smallest absolute Gasteiger partial charge is 0.253 e. The standard InChI is InChI=1S/C24H29N3O2/c1-26-17-21-8-4-3-7-20(21)15-22(26)23(28)25-16-18-9-11-19(12-10-18)24(29)27-13-5-2-6-14-27/h3-4,7-12,22H,2,5-6,13-17H2,1H3,(H,25,28). The monoisotopic (exact) mass is 391 g/mol. The Hall–Kier alpha value is -2.66. The number of hydrogen-bond acceptors (Lipinski definition) is 3. The lowest BCUT2D eigenvalue weighted by molar-refractivity contribution is -0.126. The van der Waals surface area contributed by atoms with Crippen LogP contribution >= 0.6 is 0 Å². The molecule has 2 aliphatic rings. The van der Waals surface area contributed by atoms with Crippen LogP contribution in [0.4, 0.5) is 0 Å². The molecule has 5 nitrogen and oxygen atoms in total. The van der Waals surface area contributed by atoms with Crippen LogP contribution in [0.3, 0.4) is 0 Å². The van der Waals surface area contributed by atoms with Gasteiger partial charge in [0.25, 0.3) is 5.91 Å². The van der Waals surface area contributed by atoms with Gasteiger partial charge in [0.15, 0.2) is 0 Å². The first-order chi connectivity index (χ1) is 14.1. The van der Waals surface area contributed by atoms with Crippen molar-refractivity contribution in [2.24, 2.45) is 0 Å². The molecule has 2 amide bonds. The zero-order valence-corrected chi connectivity index (χ0v) is 17.1. The summed E-state index contributed by atoms with van der Waals surface area (Å²) in [6.07, 6.45) is 4.14. The normalized spacial score (nSPS) is 19.5. The SMILES string of the molecule is CN1Cc2ccccc2CC1C(=O)NCc1ccc(C(=O)N2CCCCC2)cc1. The minimum absolute atomic E-state index is 0.0514. The van der Waals surface area contributed by atoms with E-state index in [0.29, 0.717) is 6.54 Å². The topological polar surface area (TPSA) is 52.7 Å². The van der Waals surface area contributed by atoms with Gasteiger partial charge < -0.3 is 10.2 Å². The van der Waals surface area contributed by atoms with Gasteiger partial charge in [-0.3, -0.25) is 14.5 Å². The third-order valence-electron chi connectivity index (χ3n) is 6.10. The lowest BCUT2D eigenvalue weighted by atomic mass is 9.94. The molecule has 2 aromatic rings. The molecule has 0 aromatic heterocycles. The van der Waals surface area contributed by atoms with Crippen LogP contribution in [0, 0.1) is 0 Å². The molecular weight excluding hydrogens is 362 g/mol. The third-order valence-corrected chi connectivity index (χ3v) is 6.10. The van der Waals surface area contributed by atoms with E-state index in [9.17, 15) is 9.59 Å². The molecule has 0 aliphatic carbocycles. The van der Waals surface area contributed by atoms with E-state index in [1.54, 1.807) is 0 Å². The lowest BCUT2D eigenvalue weighted by Crippen LogP contribution is -2.48. The second-order valence-electron chi connectivity index (χ2n) is 8.17. The van der Waals surface area contributed by atoms with Crippen LogP contribution in [0.15, 0.2) is 48.5 Å². The van der Waals surface area contributed by atoms with Crippen LogP contribution in [0.2, 0.25) is 0 Å². The Labute approximate surface area is 172 Å². The highest BCUT2D eigenvalue weighted by Gasteiger charge is 2.28. The molecular formula is C24H29N3O2. The predicted octanol–water partition coefficient (Wildman–Crippen LogP) is 2.99. The molecule has 5 heteroatoms. The molecule has 0 spiro atoms. The van der Waals surface area contributed by atoms with Gasteiger partial charge >= 0.3 is 0 Å². The van der Waals surface area contributed by atoms with Crippen molar-refractivity contribution in [3.8, 4) is 0 Å². The van der Waals surface area contributed by atoms with Crippen molar-refractivity contribution < 1.29 is 9.59 Å². The van der Waals surface area contributed by atoms with Crippen LogP contribution in [0.1, 0.15) is 46.3 Å². The molecule has 0 bridgehead atoms. The molecule has 1 N–H and O–H groups in total. The Morgan fingerprint density at radius 2 is 1.66 bits per heavy atom. The molecule has 1 saturated heterocycles. The Morgan fingerprint density at radius 1 is 0.966 bits per heavy atom. The number of rotatable bonds is 4. The van der Waals surface area contributed by atoms with Crippen LogP contribution in [-0.4, -0.2) is 47.8 Å². The summed E-state index contributed by atoms with van der Waals surface area (Å²) in [6, 6.07) is 15.8. The van der Waals surface area contributed by atoms with Crippen LogP contribution < -0.4 is 5.32 Å². The lowest BCUT2D eigenvalue weighted by Gasteiger charge is -2.33. The fourth-order valence-electron chi connectivity index (χ4n) is 4.30. The highest BCUT2D eigenvalue weighted by molar-refractivity contribution is 5.94. The van der Waals surface area contributed by atoms with Gasteiger partial charge in [-0.05, 0) is 61.6 Å². The van der Waals surface area contributed by atoms with E-state index in [2.05, 4.69) is 22.3 Å². The average Bonchev–Trinajstić information content (AvgIpc) is 2.77. The Bertz CT molecular complexity index is 872. The molecule has 0 radical (unpaired) electrons. The van der Waals surface area contributed by atoms with Crippen LogP contribution in [-0.2, 0) is 24.3 Å². The number of hydrogen-bond donors (Lipinski definition) is 1. The van der Waals surface area contributed by atoms with E-state index < -0.39 is 0 Å². The van der Waals surface area contributed by atoms with Crippen molar-refractivity contribution in [1.29, 1.82) is 0 Å². The summed E-state index contributed by atoms with van der Waals surface area (Å²) in [5.41, 5.74) is 4.29. The van der Waals surface area contributed by atoms with E-state index >= 15 is 0 Å². The summed E-state index contributed by atoms with van der Waals surface area (Å²) in [6.45, 7) is 2.98. The van der Waals surface area contributed by atoms with Crippen molar-refractivity contribution in [3.63, 3.8) is 0 Å². The summed E-state index contributed by atoms with van der Waals surface area (Å²) < 4.78 is 0. The number of nitrogens with one attached hydrogen (secondary N) is 1. The molecule has 4 rings (SSSR count). The fourth-order valence-corrected chi connectivity index (χ4v) is 4.30. The van der Waals surface area contributed by atoms with E-state index in [1.165, 1.54) is 17.5 Å². The maximum absolute atomic E-state index is 12.8. The van der Waals surface area contributed by atoms with Crippen molar-refractivity contribution >= 4 is 11.8 Å². The first-order valence-electron chi connectivity index (χ1n) is 10.5. The largest absolute Gasteiger partial charge is 0.351 e. The van der Waals surface area contributed by atoms with Gasteiger partial charge in [-0.1, -0.05) is 36.4 Å². The number of carbonyl (C=O) groups is 2. The van der Waals surface area contributed by atoms with Gasteiger partial charge in [-0.25, -0.2) is 0 Å². The fraction of sp³-hybridized carbons (Fsp3) is 0.417. The van der Waals surface area contributed by atoms with E-state index in [-0.39, 0.29) is 17.9 Å². The zero-order valence-electron chi connectivity index (χ0n) is 17.1. The van der Waals surface area contributed by atoms with Crippen molar-refractivity contribution in [2.75, 3.05) is 20.1 Å². The van der Waals surface area contributed by atoms with Crippen molar-refractivity contribution in [2.45, 2.75) is 44.8 Å². The molecule has 29 heavy (non-hydrogen) atoms. The quantitative estimate of drug-likeness (QED) is 0.872. The molecule has 2 heterocycles. The third kappa shape index (κ3) is 4.51. The Morgan fingerprint density at radius 3 is 2.38 bits per heavy atom. The Kier molecular flexibility index (Phi) is 5.95. The number of piperidine rings is 1.